The van der Waals surface area contributed by atoms with E-state index in [1.54, 1.807) is 0 Å². The Morgan fingerprint density at radius 2 is 2.00 bits per heavy atom. The molecule has 3 heteroatoms. The van der Waals surface area contributed by atoms with Crippen molar-refractivity contribution in [2.24, 2.45) is 0 Å². The molecule has 1 rings (SSSR count). The first-order valence-corrected chi connectivity index (χ1v) is 7.51. The van der Waals surface area contributed by atoms with Crippen LogP contribution in [-0.2, 0) is 11.2 Å². The molecule has 0 bridgehead atoms. The molecule has 0 aliphatic rings. The van der Waals surface area contributed by atoms with Crippen molar-refractivity contribution in [1.29, 1.82) is 0 Å². The number of aryl methyl sites for hydroxylation is 2. The number of amides is 1. The molecule has 0 radical (unpaired) electrons. The van der Waals surface area contributed by atoms with E-state index < -0.39 is 0 Å². The van der Waals surface area contributed by atoms with Crippen LogP contribution in [0.15, 0.2) is 18.2 Å². The van der Waals surface area contributed by atoms with Crippen LogP contribution in [0.3, 0.4) is 0 Å². The number of hydrogen-bond acceptors (Lipinski definition) is 1. The maximum Gasteiger partial charge on any atom is 0.227 e. The van der Waals surface area contributed by atoms with Gasteiger partial charge in [0, 0.05) is 19.0 Å². The van der Waals surface area contributed by atoms with Gasteiger partial charge in [0.1, 0.15) is 0 Å². The fourth-order valence-electron chi connectivity index (χ4n) is 2.08. The summed E-state index contributed by atoms with van der Waals surface area (Å²) in [5, 5.41) is 0. The van der Waals surface area contributed by atoms with Crippen molar-refractivity contribution in [3.8, 4) is 0 Å². The van der Waals surface area contributed by atoms with Gasteiger partial charge in [0.05, 0.1) is 6.42 Å². The molecule has 0 unspecified atom stereocenters. The molecule has 0 aliphatic carbocycles. The lowest BCUT2D eigenvalue weighted by Crippen LogP contribution is -2.35. The largest absolute Gasteiger partial charge is 0.341 e. The molecule has 0 saturated carbocycles. The van der Waals surface area contributed by atoms with E-state index in [9.17, 15) is 4.79 Å². The second-order valence-corrected chi connectivity index (χ2v) is 5.41. The van der Waals surface area contributed by atoms with Crippen LogP contribution in [0.25, 0.3) is 0 Å². The summed E-state index contributed by atoms with van der Waals surface area (Å²) in [5.41, 5.74) is 3.51. The molecule has 0 heterocycles. The lowest BCUT2D eigenvalue weighted by atomic mass is 10.0. The molecule has 0 spiro atoms. The van der Waals surface area contributed by atoms with Crippen molar-refractivity contribution in [3.63, 3.8) is 0 Å². The first-order chi connectivity index (χ1) is 9.08. The summed E-state index contributed by atoms with van der Waals surface area (Å²) in [4.78, 5) is 14.2. The highest BCUT2D eigenvalue weighted by atomic mass is 35.5. The number of halogens is 1. The molecule has 106 valence electrons. The minimum Gasteiger partial charge on any atom is -0.341 e. The summed E-state index contributed by atoms with van der Waals surface area (Å²) >= 11 is 5.78. The van der Waals surface area contributed by atoms with Crippen molar-refractivity contribution < 1.29 is 4.79 Å². The summed E-state index contributed by atoms with van der Waals surface area (Å²) < 4.78 is 0. The molecule has 0 N–H and O–H groups in total. The van der Waals surface area contributed by atoms with Gasteiger partial charge in [-0.2, -0.15) is 0 Å². The number of nitrogens with zero attached hydrogens (tertiary/aromatic N) is 1. The summed E-state index contributed by atoms with van der Waals surface area (Å²) in [6.07, 6.45) is 2.61. The van der Waals surface area contributed by atoms with E-state index in [0.29, 0.717) is 18.8 Å². The van der Waals surface area contributed by atoms with Gasteiger partial charge in [-0.05, 0) is 31.4 Å². The molecule has 0 aromatic heterocycles. The average Bonchev–Trinajstić information content (AvgIpc) is 2.38. The Balaban J connectivity index is 2.71. The Bertz CT molecular complexity index is 417. The van der Waals surface area contributed by atoms with Crippen LogP contribution in [0.4, 0.5) is 0 Å². The third-order valence-corrected chi connectivity index (χ3v) is 3.50. The molecule has 1 aromatic rings. The van der Waals surface area contributed by atoms with Gasteiger partial charge in [-0.15, -0.1) is 11.6 Å². The first-order valence-electron chi connectivity index (χ1n) is 6.98. The molecule has 19 heavy (non-hydrogen) atoms. The number of benzene rings is 1. The summed E-state index contributed by atoms with van der Waals surface area (Å²) in [5.74, 6) is 0.685. The second-order valence-electron chi connectivity index (χ2n) is 5.03. The van der Waals surface area contributed by atoms with Gasteiger partial charge in [-0.1, -0.05) is 37.1 Å². The van der Waals surface area contributed by atoms with Gasteiger partial charge in [-0.3, -0.25) is 4.79 Å². The van der Waals surface area contributed by atoms with Crippen molar-refractivity contribution in [1.82, 2.24) is 4.90 Å². The highest BCUT2D eigenvalue weighted by Crippen LogP contribution is 2.13. The topological polar surface area (TPSA) is 20.3 Å². The van der Waals surface area contributed by atoms with Gasteiger partial charge in [-0.25, -0.2) is 0 Å². The van der Waals surface area contributed by atoms with Crippen LogP contribution in [0, 0.1) is 13.8 Å². The van der Waals surface area contributed by atoms with E-state index in [2.05, 4.69) is 39.0 Å². The molecule has 0 saturated heterocycles. The summed E-state index contributed by atoms with van der Waals surface area (Å²) in [7, 11) is 0. The normalized spacial score (nSPS) is 10.5. The second kappa shape index (κ2) is 8.21. The predicted octanol–water partition coefficient (Wildman–Crippen LogP) is 3.71. The van der Waals surface area contributed by atoms with E-state index in [0.717, 1.165) is 24.9 Å². The van der Waals surface area contributed by atoms with Crippen molar-refractivity contribution in [2.75, 3.05) is 19.0 Å². The third-order valence-electron chi connectivity index (χ3n) is 3.34. The van der Waals surface area contributed by atoms with E-state index in [4.69, 9.17) is 11.6 Å². The van der Waals surface area contributed by atoms with Crippen LogP contribution in [0.1, 0.15) is 36.5 Å². The van der Waals surface area contributed by atoms with Gasteiger partial charge >= 0.3 is 0 Å². The number of alkyl halides is 1. The number of unbranched alkanes of at least 4 members (excludes halogenated alkanes) is 1. The lowest BCUT2D eigenvalue weighted by Gasteiger charge is -2.22. The Hall–Kier alpha value is -1.02. The van der Waals surface area contributed by atoms with E-state index in [1.165, 1.54) is 11.1 Å². The first kappa shape index (κ1) is 16.0. The Labute approximate surface area is 121 Å². The smallest absolute Gasteiger partial charge is 0.227 e. The molecular weight excluding hydrogens is 258 g/mol. The van der Waals surface area contributed by atoms with Crippen molar-refractivity contribution in [2.45, 2.75) is 40.0 Å². The molecule has 2 nitrogen and oxygen atoms in total. The highest BCUT2D eigenvalue weighted by Gasteiger charge is 2.14. The zero-order valence-corrected chi connectivity index (χ0v) is 13.0. The van der Waals surface area contributed by atoms with E-state index >= 15 is 0 Å². The molecule has 0 fully saturated rings. The van der Waals surface area contributed by atoms with Gasteiger partial charge in [0.2, 0.25) is 5.91 Å². The van der Waals surface area contributed by atoms with Gasteiger partial charge < -0.3 is 4.90 Å². The van der Waals surface area contributed by atoms with Crippen LogP contribution in [0.2, 0.25) is 0 Å². The Kier molecular flexibility index (Phi) is 6.93. The minimum atomic E-state index is 0.183. The van der Waals surface area contributed by atoms with Gasteiger partial charge in [0.15, 0.2) is 0 Å². The predicted molar refractivity (Wildman–Crippen MR) is 81.8 cm³/mol. The van der Waals surface area contributed by atoms with E-state index in [-0.39, 0.29) is 5.91 Å². The highest BCUT2D eigenvalue weighted by molar-refractivity contribution is 6.18. The third kappa shape index (κ3) is 5.23. The quantitative estimate of drug-likeness (QED) is 0.698. The fraction of sp³-hybridized carbons (Fsp3) is 0.562. The van der Waals surface area contributed by atoms with Crippen LogP contribution in [-0.4, -0.2) is 29.8 Å². The Morgan fingerprint density at radius 3 is 2.63 bits per heavy atom. The molecule has 0 atom stereocenters. The Morgan fingerprint density at radius 1 is 1.26 bits per heavy atom. The fourth-order valence-corrected chi connectivity index (χ4v) is 2.28. The number of rotatable bonds is 7. The van der Waals surface area contributed by atoms with Gasteiger partial charge in [0.25, 0.3) is 0 Å². The maximum atomic E-state index is 12.3. The SMILES string of the molecule is CCCCN(CCCl)C(=O)Cc1cc(C)ccc1C. The minimum absolute atomic E-state index is 0.183. The van der Waals surface area contributed by atoms with Crippen LogP contribution < -0.4 is 0 Å². The van der Waals surface area contributed by atoms with E-state index in [1.807, 2.05) is 4.90 Å². The zero-order valence-electron chi connectivity index (χ0n) is 12.2. The van der Waals surface area contributed by atoms with Crippen molar-refractivity contribution >= 4 is 17.5 Å². The van der Waals surface area contributed by atoms with Crippen LogP contribution in [0.5, 0.6) is 0 Å². The molecule has 1 aromatic carbocycles. The average molecular weight is 282 g/mol. The van der Waals surface area contributed by atoms with Crippen molar-refractivity contribution in [3.05, 3.63) is 34.9 Å². The maximum absolute atomic E-state index is 12.3. The zero-order chi connectivity index (χ0) is 14.3. The lowest BCUT2D eigenvalue weighted by molar-refractivity contribution is -0.130. The monoisotopic (exact) mass is 281 g/mol. The number of carbonyl (C=O) groups is 1. The summed E-state index contributed by atoms with van der Waals surface area (Å²) in [6.45, 7) is 7.70. The number of carbonyl (C=O) groups excluding carboxylic acids is 1. The molecular formula is C16H24ClNO. The standard InChI is InChI=1S/C16H24ClNO/c1-4-5-9-18(10-8-17)16(19)12-15-11-13(2)6-7-14(15)3/h6-7,11H,4-5,8-10,12H2,1-3H3. The molecule has 0 aliphatic heterocycles. The summed E-state index contributed by atoms with van der Waals surface area (Å²) in [6, 6.07) is 6.26. The van der Waals surface area contributed by atoms with Crippen LogP contribution >= 0.6 is 11.6 Å². The number of hydrogen-bond donors (Lipinski definition) is 0. The molecule has 1 amide bonds.